The molecule has 1 N–H and O–H groups in total. The monoisotopic (exact) mass is 274 g/mol. The Morgan fingerprint density at radius 2 is 1.85 bits per heavy atom. The van der Waals surface area contributed by atoms with Gasteiger partial charge in [-0.1, -0.05) is 70.4 Å². The van der Waals surface area contributed by atoms with Crippen molar-refractivity contribution >= 4 is 11.6 Å². The Kier molecular flexibility index (Phi) is 7.63. The molecule has 0 radical (unpaired) electrons. The van der Waals surface area contributed by atoms with Crippen LogP contribution in [0.25, 0.3) is 0 Å². The zero-order valence-corrected chi connectivity index (χ0v) is 12.9. The lowest BCUT2D eigenvalue weighted by atomic mass is 10.0. The Labute approximate surface area is 122 Å². The summed E-state index contributed by atoms with van der Waals surface area (Å²) in [5.74, 6) is 0.285. The van der Waals surface area contributed by atoms with Crippen LogP contribution in [-0.2, 0) is 4.79 Å². The summed E-state index contributed by atoms with van der Waals surface area (Å²) in [6.07, 6.45) is 4.99. The lowest BCUT2D eigenvalue weighted by molar-refractivity contribution is -0.121. The molecule has 1 amide bonds. The van der Waals surface area contributed by atoms with Gasteiger partial charge in [-0.2, -0.15) is 5.10 Å². The fraction of sp³-hybridized carbons (Fsp3) is 0.529. The van der Waals surface area contributed by atoms with Crippen molar-refractivity contribution in [3.05, 3.63) is 35.9 Å². The third kappa shape index (κ3) is 6.00. The van der Waals surface area contributed by atoms with E-state index < -0.39 is 0 Å². The van der Waals surface area contributed by atoms with Crippen LogP contribution in [0.2, 0.25) is 0 Å². The maximum Gasteiger partial charge on any atom is 0.240 e. The van der Waals surface area contributed by atoms with Crippen molar-refractivity contribution < 1.29 is 4.79 Å². The molecular weight excluding hydrogens is 248 g/mol. The van der Waals surface area contributed by atoms with Gasteiger partial charge in [0.25, 0.3) is 0 Å². The highest BCUT2D eigenvalue weighted by Gasteiger charge is 2.09. The molecule has 20 heavy (non-hydrogen) atoms. The first-order chi connectivity index (χ1) is 9.65. The Balaban J connectivity index is 2.54. The van der Waals surface area contributed by atoms with E-state index in [9.17, 15) is 4.79 Å². The topological polar surface area (TPSA) is 41.5 Å². The van der Waals surface area contributed by atoms with Gasteiger partial charge in [0.05, 0.1) is 5.71 Å². The highest BCUT2D eigenvalue weighted by Crippen LogP contribution is 2.09. The summed E-state index contributed by atoms with van der Waals surface area (Å²) in [5.41, 5.74) is 4.68. The highest BCUT2D eigenvalue weighted by molar-refractivity contribution is 6.02. The number of amides is 1. The molecule has 0 atom stereocenters. The molecule has 0 aliphatic carbocycles. The van der Waals surface area contributed by atoms with Gasteiger partial charge in [0.2, 0.25) is 5.91 Å². The van der Waals surface area contributed by atoms with E-state index in [0.29, 0.717) is 6.42 Å². The largest absolute Gasteiger partial charge is 0.273 e. The quantitative estimate of drug-likeness (QED) is 0.432. The first kappa shape index (κ1) is 16.4. The zero-order chi connectivity index (χ0) is 14.8. The molecule has 0 spiro atoms. The summed E-state index contributed by atoms with van der Waals surface area (Å²) in [4.78, 5) is 11.7. The van der Waals surface area contributed by atoms with Crippen LogP contribution >= 0.6 is 0 Å². The number of hydrogen-bond donors (Lipinski definition) is 1. The molecule has 3 heteroatoms. The van der Waals surface area contributed by atoms with Gasteiger partial charge in [0.15, 0.2) is 0 Å². The van der Waals surface area contributed by atoms with Gasteiger partial charge >= 0.3 is 0 Å². The van der Waals surface area contributed by atoms with Crippen molar-refractivity contribution in [3.8, 4) is 0 Å². The van der Waals surface area contributed by atoms with Crippen molar-refractivity contribution in [1.82, 2.24) is 5.43 Å². The fourth-order valence-electron chi connectivity index (χ4n) is 2.03. The van der Waals surface area contributed by atoms with Crippen molar-refractivity contribution in [3.63, 3.8) is 0 Å². The van der Waals surface area contributed by atoms with Crippen LogP contribution < -0.4 is 5.43 Å². The number of rotatable bonds is 8. The van der Waals surface area contributed by atoms with Gasteiger partial charge in [-0.25, -0.2) is 5.43 Å². The summed E-state index contributed by atoms with van der Waals surface area (Å²) in [5, 5.41) is 4.31. The number of hydrogen-bond acceptors (Lipinski definition) is 2. The standard InChI is InChI=1S/C17H26N2O/c1-4-5-6-10-13-16(20)18-19-17(14(2)3)15-11-8-7-9-12-15/h7-9,11-12,14H,4-6,10,13H2,1-3H3,(H,18,20)/b19-17+. The SMILES string of the molecule is CCCCCCC(=O)N/N=C(/c1ccccc1)C(C)C. The molecule has 0 unspecified atom stereocenters. The molecule has 1 aromatic carbocycles. The average molecular weight is 274 g/mol. The Hall–Kier alpha value is -1.64. The molecule has 0 saturated carbocycles. The van der Waals surface area contributed by atoms with Crippen LogP contribution in [-0.4, -0.2) is 11.6 Å². The minimum atomic E-state index is 0.00943. The Morgan fingerprint density at radius 1 is 1.15 bits per heavy atom. The van der Waals surface area contributed by atoms with Gasteiger partial charge in [0.1, 0.15) is 0 Å². The number of carbonyl (C=O) groups is 1. The van der Waals surface area contributed by atoms with E-state index in [0.717, 1.165) is 24.1 Å². The van der Waals surface area contributed by atoms with Crippen molar-refractivity contribution in [2.75, 3.05) is 0 Å². The number of nitrogens with zero attached hydrogens (tertiary/aromatic N) is 1. The molecule has 0 aromatic heterocycles. The number of carbonyl (C=O) groups excluding carboxylic acids is 1. The summed E-state index contributed by atoms with van der Waals surface area (Å²) in [6, 6.07) is 9.99. The van der Waals surface area contributed by atoms with Crippen LogP contribution in [0.3, 0.4) is 0 Å². The summed E-state index contributed by atoms with van der Waals surface area (Å²) in [7, 11) is 0. The maximum absolute atomic E-state index is 11.7. The molecule has 110 valence electrons. The fourth-order valence-corrected chi connectivity index (χ4v) is 2.03. The van der Waals surface area contributed by atoms with Crippen LogP contribution in [0.4, 0.5) is 0 Å². The van der Waals surface area contributed by atoms with Gasteiger partial charge < -0.3 is 0 Å². The number of unbranched alkanes of at least 4 members (excludes halogenated alkanes) is 3. The van der Waals surface area contributed by atoms with Crippen molar-refractivity contribution in [2.24, 2.45) is 11.0 Å². The second-order valence-corrected chi connectivity index (χ2v) is 5.36. The highest BCUT2D eigenvalue weighted by atomic mass is 16.2. The van der Waals surface area contributed by atoms with Crippen molar-refractivity contribution in [2.45, 2.75) is 52.9 Å². The molecule has 0 heterocycles. The third-order valence-corrected chi connectivity index (χ3v) is 3.17. The second kappa shape index (κ2) is 9.29. The van der Waals surface area contributed by atoms with E-state index in [1.165, 1.54) is 12.8 Å². The van der Waals surface area contributed by atoms with Gasteiger partial charge in [-0.3, -0.25) is 4.79 Å². The molecule has 1 rings (SSSR count). The normalized spacial score (nSPS) is 11.7. The average Bonchev–Trinajstić information content (AvgIpc) is 2.44. The van der Waals surface area contributed by atoms with E-state index >= 15 is 0 Å². The van der Waals surface area contributed by atoms with Gasteiger partial charge in [-0.15, -0.1) is 0 Å². The molecule has 0 saturated heterocycles. The summed E-state index contributed by atoms with van der Waals surface area (Å²) < 4.78 is 0. The first-order valence-corrected chi connectivity index (χ1v) is 7.57. The first-order valence-electron chi connectivity index (χ1n) is 7.57. The predicted molar refractivity (Wildman–Crippen MR) is 84.7 cm³/mol. The molecule has 3 nitrogen and oxygen atoms in total. The summed E-state index contributed by atoms with van der Waals surface area (Å²) >= 11 is 0. The van der Waals surface area contributed by atoms with Crippen LogP contribution in [0.5, 0.6) is 0 Å². The Morgan fingerprint density at radius 3 is 2.45 bits per heavy atom. The molecule has 0 bridgehead atoms. The van der Waals surface area contributed by atoms with E-state index in [4.69, 9.17) is 0 Å². The van der Waals surface area contributed by atoms with Crippen LogP contribution in [0.15, 0.2) is 35.4 Å². The summed E-state index contributed by atoms with van der Waals surface area (Å²) in [6.45, 7) is 6.33. The van der Waals surface area contributed by atoms with Crippen molar-refractivity contribution in [1.29, 1.82) is 0 Å². The van der Waals surface area contributed by atoms with Crippen LogP contribution in [0, 0.1) is 5.92 Å². The van der Waals surface area contributed by atoms with E-state index in [1.54, 1.807) is 0 Å². The molecule has 0 fully saturated rings. The number of nitrogens with one attached hydrogen (secondary N) is 1. The minimum absolute atomic E-state index is 0.00943. The lowest BCUT2D eigenvalue weighted by Crippen LogP contribution is -2.21. The van der Waals surface area contributed by atoms with Gasteiger partial charge in [-0.05, 0) is 17.9 Å². The molecule has 0 aliphatic heterocycles. The van der Waals surface area contributed by atoms with E-state index in [2.05, 4.69) is 31.3 Å². The molecule has 1 aromatic rings. The smallest absolute Gasteiger partial charge is 0.240 e. The lowest BCUT2D eigenvalue weighted by Gasteiger charge is -2.10. The molecular formula is C17H26N2O. The number of benzene rings is 1. The number of hydrazone groups is 1. The van der Waals surface area contributed by atoms with Crippen LogP contribution in [0.1, 0.15) is 58.4 Å². The van der Waals surface area contributed by atoms with Gasteiger partial charge in [0, 0.05) is 6.42 Å². The second-order valence-electron chi connectivity index (χ2n) is 5.36. The van der Waals surface area contributed by atoms with E-state index in [1.807, 2.05) is 30.3 Å². The molecule has 0 aliphatic rings. The minimum Gasteiger partial charge on any atom is -0.273 e. The Bertz CT molecular complexity index is 424. The van der Waals surface area contributed by atoms with E-state index in [-0.39, 0.29) is 11.8 Å². The third-order valence-electron chi connectivity index (χ3n) is 3.17. The predicted octanol–water partition coefficient (Wildman–Crippen LogP) is 4.13. The maximum atomic E-state index is 11.7. The zero-order valence-electron chi connectivity index (χ0n) is 12.9.